The molecule has 3 rings (SSSR count). The van der Waals surface area contributed by atoms with Gasteiger partial charge in [-0.3, -0.25) is 4.79 Å². The Balaban J connectivity index is 1.69. The van der Waals surface area contributed by atoms with Gasteiger partial charge in [0, 0.05) is 16.2 Å². The lowest BCUT2D eigenvalue weighted by atomic mass is 10.1. The third-order valence-electron chi connectivity index (χ3n) is 4.14. The number of amides is 1. The van der Waals surface area contributed by atoms with Gasteiger partial charge in [0.15, 0.2) is 0 Å². The molecule has 1 unspecified atom stereocenters. The lowest BCUT2D eigenvalue weighted by Crippen LogP contribution is -2.33. The number of hydrogen-bond donors (Lipinski definition) is 0. The second kappa shape index (κ2) is 6.18. The maximum atomic E-state index is 12.6. The van der Waals surface area contributed by atoms with E-state index in [9.17, 15) is 4.79 Å². The maximum Gasteiger partial charge on any atom is 0.255 e. The summed E-state index contributed by atoms with van der Waals surface area (Å²) in [7, 11) is 0. The number of halogens is 1. The maximum absolute atomic E-state index is 12.6. The molecule has 3 heteroatoms. The van der Waals surface area contributed by atoms with Crippen LogP contribution in [0.2, 0.25) is 0 Å². The minimum Gasteiger partial charge on any atom is -0.332 e. The van der Waals surface area contributed by atoms with E-state index in [1.807, 2.05) is 23.1 Å². The second-order valence-electron chi connectivity index (χ2n) is 5.58. The van der Waals surface area contributed by atoms with Crippen molar-refractivity contribution in [1.82, 2.24) is 4.90 Å². The lowest BCUT2D eigenvalue weighted by molar-refractivity contribution is 0.0709. The van der Waals surface area contributed by atoms with Crippen LogP contribution in [0, 0.1) is 3.57 Å². The number of aryl methyl sites for hydroxylation is 1. The van der Waals surface area contributed by atoms with Crippen molar-refractivity contribution in [1.29, 1.82) is 0 Å². The van der Waals surface area contributed by atoms with E-state index in [-0.39, 0.29) is 11.9 Å². The van der Waals surface area contributed by atoms with Gasteiger partial charge in [0.05, 0.1) is 5.56 Å². The van der Waals surface area contributed by atoms with Crippen molar-refractivity contribution in [3.8, 4) is 0 Å². The number of nitrogens with zero attached hydrogens (tertiary/aromatic N) is 1. The molecular weight excluding hydrogens is 373 g/mol. The summed E-state index contributed by atoms with van der Waals surface area (Å²) in [4.78, 5) is 14.6. The first-order valence-electron chi connectivity index (χ1n) is 7.29. The molecule has 1 aliphatic heterocycles. The molecule has 108 valence electrons. The highest BCUT2D eigenvalue weighted by Gasteiger charge is 2.31. The zero-order valence-corrected chi connectivity index (χ0v) is 14.2. The summed E-state index contributed by atoms with van der Waals surface area (Å²) < 4.78 is 1.06. The molecule has 2 nitrogen and oxygen atoms in total. The molecule has 0 N–H and O–H groups in total. The topological polar surface area (TPSA) is 20.3 Å². The standard InChI is InChI=1S/C18H18INO/c1-13(10-11-14-6-3-2-4-7-14)20-12-15-8-5-9-16(19)17(15)18(20)21/h2-9,13H,10-12H2,1H3. The van der Waals surface area contributed by atoms with Gasteiger partial charge >= 0.3 is 0 Å². The van der Waals surface area contributed by atoms with Crippen molar-refractivity contribution in [2.24, 2.45) is 0 Å². The van der Waals surface area contributed by atoms with Crippen LogP contribution in [0.1, 0.15) is 34.8 Å². The van der Waals surface area contributed by atoms with Crippen LogP contribution >= 0.6 is 22.6 Å². The van der Waals surface area contributed by atoms with Gasteiger partial charge in [-0.2, -0.15) is 0 Å². The Labute approximate surface area is 139 Å². The Morgan fingerprint density at radius 1 is 1.14 bits per heavy atom. The number of carbonyl (C=O) groups excluding carboxylic acids is 1. The molecule has 1 atom stereocenters. The Morgan fingerprint density at radius 2 is 1.90 bits per heavy atom. The molecule has 0 radical (unpaired) electrons. The van der Waals surface area contributed by atoms with E-state index in [0.717, 1.165) is 28.5 Å². The minimum absolute atomic E-state index is 0.190. The first kappa shape index (κ1) is 14.6. The molecule has 1 amide bonds. The number of rotatable bonds is 4. The van der Waals surface area contributed by atoms with Crippen LogP contribution in [-0.2, 0) is 13.0 Å². The molecule has 0 saturated heterocycles. The molecule has 1 aliphatic rings. The van der Waals surface area contributed by atoms with E-state index in [2.05, 4.69) is 59.8 Å². The van der Waals surface area contributed by atoms with Gasteiger partial charge in [0.2, 0.25) is 0 Å². The molecule has 2 aromatic carbocycles. The molecule has 0 bridgehead atoms. The largest absolute Gasteiger partial charge is 0.332 e. The van der Waals surface area contributed by atoms with Crippen LogP contribution in [0.4, 0.5) is 0 Å². The molecule has 21 heavy (non-hydrogen) atoms. The van der Waals surface area contributed by atoms with E-state index in [1.165, 1.54) is 11.1 Å². The van der Waals surface area contributed by atoms with E-state index in [1.54, 1.807) is 0 Å². The first-order chi connectivity index (χ1) is 10.2. The van der Waals surface area contributed by atoms with Crippen LogP contribution in [0.25, 0.3) is 0 Å². The normalized spacial score (nSPS) is 15.1. The highest BCUT2D eigenvalue weighted by atomic mass is 127. The van der Waals surface area contributed by atoms with Crippen molar-refractivity contribution < 1.29 is 4.79 Å². The molecule has 0 aromatic heterocycles. The predicted molar refractivity (Wildman–Crippen MR) is 93.3 cm³/mol. The Hall–Kier alpha value is -1.36. The van der Waals surface area contributed by atoms with Crippen molar-refractivity contribution >= 4 is 28.5 Å². The fourth-order valence-corrected chi connectivity index (χ4v) is 3.66. The minimum atomic E-state index is 0.190. The van der Waals surface area contributed by atoms with Gasteiger partial charge < -0.3 is 4.90 Å². The molecule has 1 heterocycles. The van der Waals surface area contributed by atoms with Crippen molar-refractivity contribution in [2.75, 3.05) is 0 Å². The molecular formula is C18H18INO. The molecule has 0 spiro atoms. The van der Waals surface area contributed by atoms with Crippen LogP contribution < -0.4 is 0 Å². The van der Waals surface area contributed by atoms with Gasteiger partial charge in [-0.1, -0.05) is 42.5 Å². The highest BCUT2D eigenvalue weighted by molar-refractivity contribution is 14.1. The summed E-state index contributed by atoms with van der Waals surface area (Å²) in [6.07, 6.45) is 2.01. The number of fused-ring (bicyclic) bond motifs is 1. The van der Waals surface area contributed by atoms with Crippen LogP contribution in [0.15, 0.2) is 48.5 Å². The van der Waals surface area contributed by atoms with Gasteiger partial charge in [0.25, 0.3) is 5.91 Å². The summed E-state index contributed by atoms with van der Waals surface area (Å²) in [5.41, 5.74) is 3.41. The van der Waals surface area contributed by atoms with Crippen molar-refractivity contribution in [2.45, 2.75) is 32.4 Å². The van der Waals surface area contributed by atoms with E-state index in [0.29, 0.717) is 0 Å². The fourth-order valence-electron chi connectivity index (χ4n) is 2.87. The molecule has 0 aliphatic carbocycles. The second-order valence-corrected chi connectivity index (χ2v) is 6.74. The molecule has 2 aromatic rings. The molecule has 0 saturated carbocycles. The summed E-state index contributed by atoms with van der Waals surface area (Å²) in [6, 6.07) is 16.8. The monoisotopic (exact) mass is 391 g/mol. The van der Waals surface area contributed by atoms with E-state index < -0.39 is 0 Å². The fraction of sp³-hybridized carbons (Fsp3) is 0.278. The van der Waals surface area contributed by atoms with Crippen LogP contribution in [0.3, 0.4) is 0 Å². The van der Waals surface area contributed by atoms with Crippen LogP contribution in [-0.4, -0.2) is 16.8 Å². The Kier molecular flexibility index (Phi) is 4.29. The summed E-state index contributed by atoms with van der Waals surface area (Å²) in [6.45, 7) is 2.90. The zero-order valence-electron chi connectivity index (χ0n) is 12.1. The zero-order chi connectivity index (χ0) is 14.8. The smallest absolute Gasteiger partial charge is 0.255 e. The Morgan fingerprint density at radius 3 is 2.62 bits per heavy atom. The lowest BCUT2D eigenvalue weighted by Gasteiger charge is -2.24. The van der Waals surface area contributed by atoms with Crippen LogP contribution in [0.5, 0.6) is 0 Å². The number of hydrogen-bond acceptors (Lipinski definition) is 1. The highest BCUT2D eigenvalue weighted by Crippen LogP contribution is 2.29. The third kappa shape index (κ3) is 2.98. The number of benzene rings is 2. The quantitative estimate of drug-likeness (QED) is 0.713. The number of carbonyl (C=O) groups is 1. The van der Waals surface area contributed by atoms with Gasteiger partial charge in [-0.15, -0.1) is 0 Å². The van der Waals surface area contributed by atoms with Crippen molar-refractivity contribution in [3.63, 3.8) is 0 Å². The predicted octanol–water partition coefficient (Wildman–Crippen LogP) is 4.27. The molecule has 0 fully saturated rings. The summed E-state index contributed by atoms with van der Waals surface area (Å²) in [5, 5.41) is 0. The van der Waals surface area contributed by atoms with Gasteiger partial charge in [0.1, 0.15) is 0 Å². The van der Waals surface area contributed by atoms with Gasteiger partial charge in [-0.25, -0.2) is 0 Å². The summed E-state index contributed by atoms with van der Waals surface area (Å²) >= 11 is 2.26. The summed E-state index contributed by atoms with van der Waals surface area (Å²) in [5.74, 6) is 0.190. The average molecular weight is 391 g/mol. The van der Waals surface area contributed by atoms with E-state index >= 15 is 0 Å². The Bertz CT molecular complexity index is 654. The average Bonchev–Trinajstić information content (AvgIpc) is 2.84. The first-order valence-corrected chi connectivity index (χ1v) is 8.37. The van der Waals surface area contributed by atoms with Gasteiger partial charge in [-0.05, 0) is 59.5 Å². The van der Waals surface area contributed by atoms with E-state index in [4.69, 9.17) is 0 Å². The third-order valence-corrected chi connectivity index (χ3v) is 5.04. The SMILES string of the molecule is CC(CCc1ccccc1)N1Cc2cccc(I)c2C1=O. The van der Waals surface area contributed by atoms with Crippen molar-refractivity contribution in [3.05, 3.63) is 68.8 Å².